The lowest BCUT2D eigenvalue weighted by molar-refractivity contribution is 0.191. The SMILES string of the molecule is CCc1cnc(CNCC2(CN)CCCCC2)s1. The molecule has 1 saturated carbocycles. The molecule has 0 spiro atoms. The molecular formula is C14H25N3S. The average Bonchev–Trinajstić information content (AvgIpc) is 2.88. The van der Waals surface area contributed by atoms with Crippen molar-refractivity contribution in [2.24, 2.45) is 11.1 Å². The third-order valence-electron chi connectivity index (χ3n) is 4.07. The van der Waals surface area contributed by atoms with Gasteiger partial charge in [-0.3, -0.25) is 0 Å². The van der Waals surface area contributed by atoms with Crippen molar-refractivity contribution in [3.63, 3.8) is 0 Å². The maximum atomic E-state index is 5.99. The molecule has 3 nitrogen and oxygen atoms in total. The van der Waals surface area contributed by atoms with Gasteiger partial charge in [-0.05, 0) is 31.2 Å². The molecule has 0 aromatic carbocycles. The first-order valence-corrected chi connectivity index (χ1v) is 7.94. The maximum Gasteiger partial charge on any atom is 0.107 e. The Hall–Kier alpha value is -0.450. The zero-order chi connectivity index (χ0) is 12.8. The molecule has 1 fully saturated rings. The Labute approximate surface area is 114 Å². The fourth-order valence-electron chi connectivity index (χ4n) is 2.78. The highest BCUT2D eigenvalue weighted by Crippen LogP contribution is 2.34. The van der Waals surface area contributed by atoms with E-state index in [2.05, 4.69) is 17.2 Å². The largest absolute Gasteiger partial charge is 0.330 e. The van der Waals surface area contributed by atoms with Gasteiger partial charge in [-0.2, -0.15) is 0 Å². The third-order valence-corrected chi connectivity index (χ3v) is 5.21. The lowest BCUT2D eigenvalue weighted by atomic mass is 9.74. The van der Waals surface area contributed by atoms with Crippen LogP contribution < -0.4 is 11.1 Å². The zero-order valence-corrected chi connectivity index (χ0v) is 12.2. The van der Waals surface area contributed by atoms with E-state index < -0.39 is 0 Å². The van der Waals surface area contributed by atoms with Crippen LogP contribution >= 0.6 is 11.3 Å². The Balaban J connectivity index is 1.79. The fraction of sp³-hybridized carbons (Fsp3) is 0.786. The lowest BCUT2D eigenvalue weighted by Crippen LogP contribution is -2.41. The van der Waals surface area contributed by atoms with Crippen molar-refractivity contribution in [1.29, 1.82) is 0 Å². The Morgan fingerprint density at radius 1 is 1.39 bits per heavy atom. The number of aromatic nitrogens is 1. The van der Waals surface area contributed by atoms with Gasteiger partial charge in [0.25, 0.3) is 0 Å². The summed E-state index contributed by atoms with van der Waals surface area (Å²) in [5, 5.41) is 4.77. The van der Waals surface area contributed by atoms with E-state index in [1.54, 1.807) is 0 Å². The average molecular weight is 267 g/mol. The molecule has 1 aliphatic carbocycles. The van der Waals surface area contributed by atoms with E-state index in [1.807, 2.05) is 17.5 Å². The van der Waals surface area contributed by atoms with Crippen LogP contribution in [0.25, 0.3) is 0 Å². The van der Waals surface area contributed by atoms with E-state index in [9.17, 15) is 0 Å². The van der Waals surface area contributed by atoms with Crippen LogP contribution in [-0.2, 0) is 13.0 Å². The van der Waals surface area contributed by atoms with Gasteiger partial charge in [0.2, 0.25) is 0 Å². The zero-order valence-electron chi connectivity index (χ0n) is 11.4. The van der Waals surface area contributed by atoms with Crippen LogP contribution in [0.1, 0.15) is 48.9 Å². The fourth-order valence-corrected chi connectivity index (χ4v) is 3.61. The lowest BCUT2D eigenvalue weighted by Gasteiger charge is -2.36. The molecule has 0 bridgehead atoms. The minimum absolute atomic E-state index is 0.350. The Kier molecular flexibility index (Phi) is 5.15. The Morgan fingerprint density at radius 2 is 2.17 bits per heavy atom. The van der Waals surface area contributed by atoms with Gasteiger partial charge < -0.3 is 11.1 Å². The van der Waals surface area contributed by atoms with Gasteiger partial charge in [0.05, 0.1) is 0 Å². The number of hydrogen-bond donors (Lipinski definition) is 2. The molecule has 0 saturated heterocycles. The van der Waals surface area contributed by atoms with Crippen molar-refractivity contribution in [3.05, 3.63) is 16.1 Å². The van der Waals surface area contributed by atoms with E-state index in [4.69, 9.17) is 5.73 Å². The highest BCUT2D eigenvalue weighted by atomic mass is 32.1. The number of thiazole rings is 1. The molecule has 18 heavy (non-hydrogen) atoms. The van der Waals surface area contributed by atoms with Crippen LogP contribution in [0.2, 0.25) is 0 Å². The molecule has 1 heterocycles. The van der Waals surface area contributed by atoms with Gasteiger partial charge in [-0.1, -0.05) is 26.2 Å². The topological polar surface area (TPSA) is 50.9 Å². The number of nitrogens with two attached hydrogens (primary N) is 1. The predicted molar refractivity (Wildman–Crippen MR) is 77.8 cm³/mol. The second-order valence-electron chi connectivity index (χ2n) is 5.44. The minimum Gasteiger partial charge on any atom is -0.330 e. The van der Waals surface area contributed by atoms with Gasteiger partial charge in [-0.25, -0.2) is 4.98 Å². The molecule has 1 aromatic rings. The first kappa shape index (κ1) is 14.0. The summed E-state index contributed by atoms with van der Waals surface area (Å²) in [5.74, 6) is 0. The summed E-state index contributed by atoms with van der Waals surface area (Å²) in [6, 6.07) is 0. The molecule has 1 aliphatic rings. The van der Waals surface area contributed by atoms with Gasteiger partial charge in [0.1, 0.15) is 5.01 Å². The highest BCUT2D eigenvalue weighted by Gasteiger charge is 2.29. The van der Waals surface area contributed by atoms with Crippen LogP contribution in [0.3, 0.4) is 0 Å². The minimum atomic E-state index is 0.350. The van der Waals surface area contributed by atoms with Gasteiger partial charge in [0, 0.05) is 24.2 Å². The van der Waals surface area contributed by atoms with E-state index in [1.165, 1.54) is 42.0 Å². The third kappa shape index (κ3) is 3.53. The van der Waals surface area contributed by atoms with Crippen molar-refractivity contribution in [2.75, 3.05) is 13.1 Å². The number of hydrogen-bond acceptors (Lipinski definition) is 4. The monoisotopic (exact) mass is 267 g/mol. The summed E-state index contributed by atoms with van der Waals surface area (Å²) in [4.78, 5) is 5.82. The molecule has 0 amide bonds. The molecule has 102 valence electrons. The number of nitrogens with one attached hydrogen (secondary N) is 1. The van der Waals surface area contributed by atoms with E-state index in [0.29, 0.717) is 5.41 Å². The molecule has 3 N–H and O–H groups in total. The maximum absolute atomic E-state index is 5.99. The van der Waals surface area contributed by atoms with Crippen LogP contribution in [0.5, 0.6) is 0 Å². The molecular weight excluding hydrogens is 242 g/mol. The summed E-state index contributed by atoms with van der Waals surface area (Å²) < 4.78 is 0. The van der Waals surface area contributed by atoms with Crippen molar-refractivity contribution >= 4 is 11.3 Å². The van der Waals surface area contributed by atoms with Gasteiger partial charge in [-0.15, -0.1) is 11.3 Å². The molecule has 0 aliphatic heterocycles. The van der Waals surface area contributed by atoms with E-state index >= 15 is 0 Å². The van der Waals surface area contributed by atoms with Crippen molar-refractivity contribution in [1.82, 2.24) is 10.3 Å². The quantitative estimate of drug-likeness (QED) is 0.833. The molecule has 0 atom stereocenters. The second kappa shape index (κ2) is 6.64. The molecule has 2 rings (SSSR count). The van der Waals surface area contributed by atoms with Crippen LogP contribution in [0, 0.1) is 5.41 Å². The first-order chi connectivity index (χ1) is 8.78. The Bertz CT molecular complexity index is 356. The summed E-state index contributed by atoms with van der Waals surface area (Å²) in [6.07, 6.45) is 9.73. The van der Waals surface area contributed by atoms with Crippen LogP contribution in [0.15, 0.2) is 6.20 Å². The van der Waals surface area contributed by atoms with Gasteiger partial charge >= 0.3 is 0 Å². The molecule has 0 unspecified atom stereocenters. The van der Waals surface area contributed by atoms with Crippen LogP contribution in [-0.4, -0.2) is 18.1 Å². The summed E-state index contributed by atoms with van der Waals surface area (Å²) >= 11 is 1.82. The molecule has 0 radical (unpaired) electrons. The molecule has 1 aromatic heterocycles. The first-order valence-electron chi connectivity index (χ1n) is 7.12. The van der Waals surface area contributed by atoms with Crippen molar-refractivity contribution < 1.29 is 0 Å². The number of nitrogens with zero attached hydrogens (tertiary/aromatic N) is 1. The normalized spacial score (nSPS) is 19.0. The number of rotatable bonds is 6. The standard InChI is InChI=1S/C14H25N3S/c1-2-12-8-17-13(18-12)9-16-11-14(10-15)6-4-3-5-7-14/h8,16H,2-7,9-11,15H2,1H3. The smallest absolute Gasteiger partial charge is 0.107 e. The van der Waals surface area contributed by atoms with E-state index in [0.717, 1.165) is 26.1 Å². The summed E-state index contributed by atoms with van der Waals surface area (Å²) in [5.41, 5.74) is 6.34. The van der Waals surface area contributed by atoms with Crippen molar-refractivity contribution in [3.8, 4) is 0 Å². The predicted octanol–water partition coefficient (Wildman–Crippen LogP) is 2.70. The summed E-state index contributed by atoms with van der Waals surface area (Å²) in [6.45, 7) is 4.94. The summed E-state index contributed by atoms with van der Waals surface area (Å²) in [7, 11) is 0. The van der Waals surface area contributed by atoms with Crippen LogP contribution in [0.4, 0.5) is 0 Å². The van der Waals surface area contributed by atoms with Crippen molar-refractivity contribution in [2.45, 2.75) is 52.0 Å². The molecule has 4 heteroatoms. The van der Waals surface area contributed by atoms with E-state index in [-0.39, 0.29) is 0 Å². The Morgan fingerprint density at radius 3 is 2.78 bits per heavy atom. The highest BCUT2D eigenvalue weighted by molar-refractivity contribution is 7.11. The number of aryl methyl sites for hydroxylation is 1. The second-order valence-corrected chi connectivity index (χ2v) is 6.64. The van der Waals surface area contributed by atoms with Gasteiger partial charge in [0.15, 0.2) is 0 Å².